The zero-order chi connectivity index (χ0) is 30.9. The van der Waals surface area contributed by atoms with Crippen LogP contribution in [0.15, 0.2) is 30.3 Å². The van der Waals surface area contributed by atoms with Gasteiger partial charge in [-0.2, -0.15) is 0 Å². The quantitative estimate of drug-likeness (QED) is 0.314. The van der Waals surface area contributed by atoms with E-state index >= 15 is 0 Å². The summed E-state index contributed by atoms with van der Waals surface area (Å²) >= 11 is 0. The SMILES string of the molecule is COc1cc(C(=O)N2C[C@H](N)CCN2C)cc2nc(-c3cc4ccc([C@@H](C)NC(=O)C5(C)CC5)nc4n3CC3CC3)n(C)c12. The van der Waals surface area contributed by atoms with Gasteiger partial charge in [-0.15, -0.1) is 0 Å². The van der Waals surface area contributed by atoms with Crippen molar-refractivity contribution < 1.29 is 14.3 Å². The summed E-state index contributed by atoms with van der Waals surface area (Å²) in [6, 6.07) is 9.65. The predicted octanol–water partition coefficient (Wildman–Crippen LogP) is 4.01. The largest absolute Gasteiger partial charge is 0.494 e. The number of hydrogen-bond donors (Lipinski definition) is 2. The lowest BCUT2D eigenvalue weighted by Gasteiger charge is -2.38. The first-order chi connectivity index (χ1) is 21.1. The third-order valence-electron chi connectivity index (χ3n) is 9.75. The first kappa shape index (κ1) is 28.8. The fraction of sp³-hybridized carbons (Fsp3) is 0.515. The summed E-state index contributed by atoms with van der Waals surface area (Å²) in [4.78, 5) is 36.6. The van der Waals surface area contributed by atoms with E-state index in [-0.39, 0.29) is 29.3 Å². The average Bonchev–Trinajstić information content (AvgIpc) is 3.92. The predicted molar refractivity (Wildman–Crippen MR) is 169 cm³/mol. The van der Waals surface area contributed by atoms with Gasteiger partial charge in [0.1, 0.15) is 16.9 Å². The Labute approximate surface area is 257 Å². The Hall–Kier alpha value is -3.96. The highest BCUT2D eigenvalue weighted by atomic mass is 16.5. The second-order valence-electron chi connectivity index (χ2n) is 13.3. The third kappa shape index (κ3) is 5.01. The van der Waals surface area contributed by atoms with Gasteiger partial charge in [0.2, 0.25) is 5.91 Å². The topological polar surface area (TPSA) is 124 Å². The van der Waals surface area contributed by atoms with E-state index in [0.717, 1.165) is 66.1 Å². The number of nitrogens with zero attached hydrogens (tertiary/aromatic N) is 6. The molecule has 2 aliphatic carbocycles. The van der Waals surface area contributed by atoms with Crippen molar-refractivity contribution in [3.63, 3.8) is 0 Å². The van der Waals surface area contributed by atoms with Crippen LogP contribution in [0.5, 0.6) is 5.75 Å². The van der Waals surface area contributed by atoms with Crippen molar-refractivity contribution in [3.8, 4) is 17.3 Å². The zero-order valence-corrected chi connectivity index (χ0v) is 26.3. The number of methoxy groups -OCH3 is 1. The van der Waals surface area contributed by atoms with Gasteiger partial charge in [-0.05, 0) is 75.3 Å². The summed E-state index contributed by atoms with van der Waals surface area (Å²) in [6.07, 6.45) is 5.12. The number of imidazole rings is 1. The van der Waals surface area contributed by atoms with Crippen molar-refractivity contribution in [2.45, 2.75) is 64.6 Å². The van der Waals surface area contributed by atoms with Crippen LogP contribution >= 0.6 is 0 Å². The summed E-state index contributed by atoms with van der Waals surface area (Å²) in [5, 5.41) is 7.84. The van der Waals surface area contributed by atoms with E-state index in [0.29, 0.717) is 29.3 Å². The van der Waals surface area contributed by atoms with Crippen LogP contribution in [-0.4, -0.2) is 74.2 Å². The van der Waals surface area contributed by atoms with Crippen LogP contribution in [0.3, 0.4) is 0 Å². The third-order valence-corrected chi connectivity index (χ3v) is 9.75. The number of rotatable bonds is 8. The van der Waals surface area contributed by atoms with Crippen molar-refractivity contribution in [3.05, 3.63) is 41.6 Å². The Morgan fingerprint density at radius 3 is 2.61 bits per heavy atom. The van der Waals surface area contributed by atoms with Crippen LogP contribution < -0.4 is 15.8 Å². The van der Waals surface area contributed by atoms with Crippen molar-refractivity contribution in [2.24, 2.45) is 24.1 Å². The molecule has 4 aromatic rings. The van der Waals surface area contributed by atoms with Crippen LogP contribution in [0.2, 0.25) is 0 Å². The van der Waals surface area contributed by atoms with Crippen LogP contribution in [0.1, 0.15) is 68.0 Å². The van der Waals surface area contributed by atoms with Crippen LogP contribution in [-0.2, 0) is 18.4 Å². The lowest BCUT2D eigenvalue weighted by atomic mass is 10.1. The molecule has 2 amide bonds. The molecule has 2 saturated carbocycles. The zero-order valence-electron chi connectivity index (χ0n) is 26.3. The number of benzene rings is 1. The minimum absolute atomic E-state index is 0.0505. The first-order valence-electron chi connectivity index (χ1n) is 15.7. The standard InChI is InChI=1S/C33H42N8O3/c1-19(35-32(43)33(2)11-12-33)24-9-8-21-15-26(40(29(21)36-24)17-20-6-7-20)30-37-25-14-22(16-27(44-5)28(25)39(30)4)31(42)41-18-23(34)10-13-38(41)3/h8-9,14-16,19-20,23H,6-7,10-13,17-18,34H2,1-5H3,(H,35,43)/t19-,23-/m1/s1. The number of carbonyl (C=O) groups excluding carboxylic acids is 2. The Balaban J connectivity index is 1.29. The number of hydrazine groups is 1. The molecule has 1 saturated heterocycles. The monoisotopic (exact) mass is 598 g/mol. The molecule has 0 bridgehead atoms. The molecule has 44 heavy (non-hydrogen) atoms. The van der Waals surface area contributed by atoms with Gasteiger partial charge < -0.3 is 24.9 Å². The van der Waals surface area contributed by atoms with Gasteiger partial charge in [0.25, 0.3) is 5.91 Å². The van der Waals surface area contributed by atoms with Crippen molar-refractivity contribution >= 4 is 33.9 Å². The van der Waals surface area contributed by atoms with Crippen molar-refractivity contribution in [1.82, 2.24) is 34.4 Å². The summed E-state index contributed by atoms with van der Waals surface area (Å²) in [5.74, 6) is 1.95. The Morgan fingerprint density at radius 2 is 1.91 bits per heavy atom. The number of nitrogens with one attached hydrogen (secondary N) is 1. The van der Waals surface area contributed by atoms with Gasteiger partial charge >= 0.3 is 0 Å². The summed E-state index contributed by atoms with van der Waals surface area (Å²) < 4.78 is 10.1. The number of aryl methyl sites for hydroxylation is 1. The molecular formula is C33H42N8O3. The Bertz CT molecular complexity index is 1780. The number of carbonyl (C=O) groups is 2. The first-order valence-corrected chi connectivity index (χ1v) is 15.7. The highest BCUT2D eigenvalue weighted by Crippen LogP contribution is 2.45. The molecule has 3 aromatic heterocycles. The van der Waals surface area contributed by atoms with Gasteiger partial charge in [-0.3, -0.25) is 14.6 Å². The van der Waals surface area contributed by atoms with E-state index in [9.17, 15) is 9.59 Å². The van der Waals surface area contributed by atoms with Gasteiger partial charge in [0, 0.05) is 49.6 Å². The molecular weight excluding hydrogens is 556 g/mol. The van der Waals surface area contributed by atoms with Gasteiger partial charge in [0.05, 0.1) is 36.6 Å². The van der Waals surface area contributed by atoms with Crippen molar-refractivity contribution in [1.29, 1.82) is 0 Å². The Morgan fingerprint density at radius 1 is 1.14 bits per heavy atom. The normalized spacial score (nSPS) is 20.7. The van der Waals surface area contributed by atoms with E-state index in [4.69, 9.17) is 20.4 Å². The summed E-state index contributed by atoms with van der Waals surface area (Å²) in [6.45, 7) is 6.07. The molecule has 2 atom stereocenters. The molecule has 3 N–H and O–H groups in total. The van der Waals surface area contributed by atoms with Gasteiger partial charge in [-0.25, -0.2) is 15.0 Å². The maximum atomic E-state index is 13.6. The maximum absolute atomic E-state index is 13.6. The van der Waals surface area contributed by atoms with E-state index in [1.54, 1.807) is 18.2 Å². The van der Waals surface area contributed by atoms with Gasteiger partial charge in [0.15, 0.2) is 5.82 Å². The summed E-state index contributed by atoms with van der Waals surface area (Å²) in [5.41, 5.74) is 10.7. The van der Waals surface area contributed by atoms with Crippen LogP contribution in [0.25, 0.3) is 33.6 Å². The lowest BCUT2D eigenvalue weighted by Crippen LogP contribution is -2.55. The average molecular weight is 599 g/mol. The number of ether oxygens (including phenoxy) is 1. The fourth-order valence-electron chi connectivity index (χ4n) is 6.30. The second-order valence-corrected chi connectivity index (χ2v) is 13.3. The number of pyridine rings is 1. The number of hydrogen-bond acceptors (Lipinski definition) is 7. The molecule has 11 nitrogen and oxygen atoms in total. The lowest BCUT2D eigenvalue weighted by molar-refractivity contribution is -0.126. The molecule has 0 spiro atoms. The molecule has 3 fully saturated rings. The van der Waals surface area contributed by atoms with E-state index in [1.165, 1.54) is 12.8 Å². The van der Waals surface area contributed by atoms with E-state index in [1.807, 2.05) is 49.7 Å². The highest BCUT2D eigenvalue weighted by molar-refractivity contribution is 6.00. The fourth-order valence-corrected chi connectivity index (χ4v) is 6.30. The molecule has 1 aromatic carbocycles. The summed E-state index contributed by atoms with van der Waals surface area (Å²) in [7, 11) is 5.52. The maximum Gasteiger partial charge on any atom is 0.268 e. The molecule has 3 aliphatic rings. The van der Waals surface area contributed by atoms with E-state index in [2.05, 4.69) is 22.0 Å². The molecule has 0 unspecified atom stereocenters. The molecule has 232 valence electrons. The van der Waals surface area contributed by atoms with E-state index < -0.39 is 0 Å². The Kier molecular flexibility index (Phi) is 6.93. The molecule has 4 heterocycles. The number of aromatic nitrogens is 4. The number of nitrogens with two attached hydrogens (primary N) is 1. The minimum Gasteiger partial charge on any atom is -0.494 e. The highest BCUT2D eigenvalue weighted by Gasteiger charge is 2.45. The molecule has 0 radical (unpaired) electrons. The van der Waals surface area contributed by atoms with Crippen molar-refractivity contribution in [2.75, 3.05) is 27.2 Å². The number of fused-ring (bicyclic) bond motifs is 2. The molecule has 1 aliphatic heterocycles. The number of amides is 2. The smallest absolute Gasteiger partial charge is 0.268 e. The van der Waals surface area contributed by atoms with Crippen LogP contribution in [0.4, 0.5) is 0 Å². The van der Waals surface area contributed by atoms with Crippen LogP contribution in [0, 0.1) is 11.3 Å². The molecule has 7 rings (SSSR count). The minimum atomic E-state index is -0.236. The second kappa shape index (κ2) is 10.6. The van der Waals surface area contributed by atoms with Gasteiger partial charge in [-0.1, -0.05) is 6.92 Å². The molecule has 11 heteroatoms.